The SMILES string of the molecule is C[C@H](C(O)[C@H](C)[C@H](O)c1ccccc1)[C@H](O)c1ccccc1. The van der Waals surface area contributed by atoms with Crippen LogP contribution in [0.3, 0.4) is 0 Å². The number of aliphatic hydroxyl groups is 3. The van der Waals surface area contributed by atoms with E-state index in [9.17, 15) is 15.3 Å². The molecule has 0 heterocycles. The Labute approximate surface area is 131 Å². The Kier molecular flexibility index (Phi) is 5.72. The molecule has 3 nitrogen and oxygen atoms in total. The standard InChI is InChI=1S/C19H24O3/c1-13(18(21)15-9-5-3-6-10-15)17(20)14(2)19(22)16-11-7-4-8-12-16/h3-14,17-22H,1-2H3/t13-,14+,17?,18-,19-/m0/s1. The van der Waals surface area contributed by atoms with Crippen molar-refractivity contribution in [3.8, 4) is 0 Å². The molecule has 0 amide bonds. The van der Waals surface area contributed by atoms with Gasteiger partial charge < -0.3 is 15.3 Å². The maximum Gasteiger partial charge on any atom is 0.0840 e. The summed E-state index contributed by atoms with van der Waals surface area (Å²) in [6.45, 7) is 3.60. The van der Waals surface area contributed by atoms with Crippen LogP contribution in [0.1, 0.15) is 37.2 Å². The Morgan fingerprint density at radius 2 is 0.909 bits per heavy atom. The van der Waals surface area contributed by atoms with Crippen LogP contribution in [0.2, 0.25) is 0 Å². The number of hydrogen-bond acceptors (Lipinski definition) is 3. The predicted octanol–water partition coefficient (Wildman–Crippen LogP) is 3.09. The molecule has 1 unspecified atom stereocenters. The number of aliphatic hydroxyl groups excluding tert-OH is 3. The van der Waals surface area contributed by atoms with E-state index in [1.807, 2.05) is 60.7 Å². The van der Waals surface area contributed by atoms with Gasteiger partial charge in [0.05, 0.1) is 18.3 Å². The summed E-state index contributed by atoms with van der Waals surface area (Å²) < 4.78 is 0. The normalized spacial score (nSPS) is 18.2. The molecule has 5 atom stereocenters. The van der Waals surface area contributed by atoms with E-state index in [-0.39, 0.29) is 11.8 Å². The number of rotatable bonds is 6. The molecule has 22 heavy (non-hydrogen) atoms. The molecule has 0 saturated carbocycles. The van der Waals surface area contributed by atoms with Crippen molar-refractivity contribution in [3.63, 3.8) is 0 Å². The molecule has 0 radical (unpaired) electrons. The molecule has 2 aromatic rings. The molecule has 0 aromatic heterocycles. The van der Waals surface area contributed by atoms with E-state index in [4.69, 9.17) is 0 Å². The first-order valence-corrected chi connectivity index (χ1v) is 7.66. The van der Waals surface area contributed by atoms with Crippen LogP contribution in [0.5, 0.6) is 0 Å². The van der Waals surface area contributed by atoms with Crippen molar-refractivity contribution in [3.05, 3.63) is 71.8 Å². The molecule has 3 N–H and O–H groups in total. The quantitative estimate of drug-likeness (QED) is 0.768. The van der Waals surface area contributed by atoms with Crippen LogP contribution in [0.15, 0.2) is 60.7 Å². The average Bonchev–Trinajstić information content (AvgIpc) is 2.60. The highest BCUT2D eigenvalue weighted by molar-refractivity contribution is 5.20. The zero-order valence-electron chi connectivity index (χ0n) is 13.0. The van der Waals surface area contributed by atoms with E-state index in [1.54, 1.807) is 13.8 Å². The van der Waals surface area contributed by atoms with Gasteiger partial charge in [-0.2, -0.15) is 0 Å². The molecule has 0 aliphatic carbocycles. The lowest BCUT2D eigenvalue weighted by Crippen LogP contribution is -2.33. The second kappa shape index (κ2) is 7.54. The highest BCUT2D eigenvalue weighted by atomic mass is 16.3. The third-order valence-electron chi connectivity index (χ3n) is 4.36. The molecule has 0 aliphatic rings. The largest absolute Gasteiger partial charge is 0.392 e. The molecule has 2 rings (SSSR count). The van der Waals surface area contributed by atoms with E-state index in [0.29, 0.717) is 0 Å². The lowest BCUT2D eigenvalue weighted by Gasteiger charge is -2.31. The van der Waals surface area contributed by atoms with Crippen molar-refractivity contribution in [2.24, 2.45) is 11.8 Å². The summed E-state index contributed by atoms with van der Waals surface area (Å²) in [5.41, 5.74) is 1.55. The maximum atomic E-state index is 10.5. The molecule has 3 heteroatoms. The van der Waals surface area contributed by atoms with Crippen LogP contribution in [-0.4, -0.2) is 21.4 Å². The second-order valence-corrected chi connectivity index (χ2v) is 5.92. The van der Waals surface area contributed by atoms with Crippen LogP contribution in [-0.2, 0) is 0 Å². The first kappa shape index (κ1) is 16.7. The molecular weight excluding hydrogens is 276 g/mol. The molecule has 118 valence electrons. The van der Waals surface area contributed by atoms with Gasteiger partial charge >= 0.3 is 0 Å². The smallest absolute Gasteiger partial charge is 0.0840 e. The fourth-order valence-electron chi connectivity index (χ4n) is 2.76. The van der Waals surface area contributed by atoms with Gasteiger partial charge in [0.1, 0.15) is 0 Å². The van der Waals surface area contributed by atoms with Crippen molar-refractivity contribution in [1.29, 1.82) is 0 Å². The third-order valence-corrected chi connectivity index (χ3v) is 4.36. The Hall–Kier alpha value is -1.68. The number of benzene rings is 2. The zero-order chi connectivity index (χ0) is 16.1. The summed E-state index contributed by atoms with van der Waals surface area (Å²) in [7, 11) is 0. The van der Waals surface area contributed by atoms with Crippen LogP contribution in [0.25, 0.3) is 0 Å². The predicted molar refractivity (Wildman–Crippen MR) is 87.1 cm³/mol. The summed E-state index contributed by atoms with van der Waals surface area (Å²) in [6.07, 6.45) is -2.34. The highest BCUT2D eigenvalue weighted by Crippen LogP contribution is 2.32. The lowest BCUT2D eigenvalue weighted by molar-refractivity contribution is -0.0457. The van der Waals surface area contributed by atoms with Gasteiger partial charge in [0.2, 0.25) is 0 Å². The Bertz CT molecular complexity index is 504. The van der Waals surface area contributed by atoms with E-state index in [0.717, 1.165) is 11.1 Å². The summed E-state index contributed by atoms with van der Waals surface area (Å²) >= 11 is 0. The minimum Gasteiger partial charge on any atom is -0.392 e. The second-order valence-electron chi connectivity index (χ2n) is 5.92. The van der Waals surface area contributed by atoms with Gasteiger partial charge in [0.25, 0.3) is 0 Å². The van der Waals surface area contributed by atoms with E-state index < -0.39 is 18.3 Å². The van der Waals surface area contributed by atoms with Crippen LogP contribution >= 0.6 is 0 Å². The van der Waals surface area contributed by atoms with Gasteiger partial charge in [-0.15, -0.1) is 0 Å². The first-order valence-electron chi connectivity index (χ1n) is 7.66. The lowest BCUT2D eigenvalue weighted by atomic mass is 9.82. The van der Waals surface area contributed by atoms with Crippen molar-refractivity contribution in [1.82, 2.24) is 0 Å². The third kappa shape index (κ3) is 3.74. The van der Waals surface area contributed by atoms with Crippen molar-refractivity contribution in [2.45, 2.75) is 32.2 Å². The highest BCUT2D eigenvalue weighted by Gasteiger charge is 2.32. The van der Waals surface area contributed by atoms with Crippen LogP contribution < -0.4 is 0 Å². The fourth-order valence-corrected chi connectivity index (χ4v) is 2.76. The molecule has 0 fully saturated rings. The van der Waals surface area contributed by atoms with Crippen LogP contribution in [0, 0.1) is 11.8 Å². The van der Waals surface area contributed by atoms with Gasteiger partial charge in [-0.3, -0.25) is 0 Å². The van der Waals surface area contributed by atoms with Crippen molar-refractivity contribution >= 4 is 0 Å². The van der Waals surface area contributed by atoms with Gasteiger partial charge in [0.15, 0.2) is 0 Å². The van der Waals surface area contributed by atoms with Gasteiger partial charge in [-0.1, -0.05) is 74.5 Å². The van der Waals surface area contributed by atoms with Crippen LogP contribution in [0.4, 0.5) is 0 Å². The molecule has 0 saturated heterocycles. The Balaban J connectivity index is 2.08. The Morgan fingerprint density at radius 3 is 1.23 bits per heavy atom. The molecule has 0 bridgehead atoms. The topological polar surface area (TPSA) is 60.7 Å². The maximum absolute atomic E-state index is 10.5. The molecule has 2 aromatic carbocycles. The van der Waals surface area contributed by atoms with Gasteiger partial charge in [-0.05, 0) is 11.1 Å². The van der Waals surface area contributed by atoms with E-state index >= 15 is 0 Å². The van der Waals surface area contributed by atoms with Crippen molar-refractivity contribution < 1.29 is 15.3 Å². The Morgan fingerprint density at radius 1 is 0.591 bits per heavy atom. The minimum absolute atomic E-state index is 0.379. The van der Waals surface area contributed by atoms with Gasteiger partial charge in [0, 0.05) is 11.8 Å². The monoisotopic (exact) mass is 300 g/mol. The van der Waals surface area contributed by atoms with E-state index in [1.165, 1.54) is 0 Å². The summed E-state index contributed by atoms with van der Waals surface area (Å²) in [5.74, 6) is -0.758. The number of hydrogen-bond donors (Lipinski definition) is 3. The average molecular weight is 300 g/mol. The molecule has 0 spiro atoms. The van der Waals surface area contributed by atoms with Crippen molar-refractivity contribution in [2.75, 3.05) is 0 Å². The summed E-state index contributed by atoms with van der Waals surface area (Å²) in [4.78, 5) is 0. The van der Waals surface area contributed by atoms with E-state index in [2.05, 4.69) is 0 Å². The zero-order valence-corrected chi connectivity index (χ0v) is 13.0. The first-order chi connectivity index (χ1) is 10.5. The summed E-state index contributed by atoms with van der Waals surface area (Å²) in [5, 5.41) is 31.4. The van der Waals surface area contributed by atoms with Gasteiger partial charge in [-0.25, -0.2) is 0 Å². The minimum atomic E-state index is -0.814. The molecular formula is C19H24O3. The fraction of sp³-hybridized carbons (Fsp3) is 0.368. The summed E-state index contributed by atoms with van der Waals surface area (Å²) in [6, 6.07) is 18.6. The molecule has 0 aliphatic heterocycles.